The summed E-state index contributed by atoms with van der Waals surface area (Å²) in [5, 5.41) is 6.80. The van der Waals surface area contributed by atoms with E-state index in [0.29, 0.717) is 18.5 Å². The molecule has 1 unspecified atom stereocenters. The van der Waals surface area contributed by atoms with Crippen LogP contribution < -0.4 is 5.32 Å². The number of carbonyl (C=O) groups is 1. The Kier molecular flexibility index (Phi) is 5.08. The van der Waals surface area contributed by atoms with Crippen LogP contribution in [0.4, 0.5) is 13.2 Å². The number of benzene rings is 1. The molecular formula is C16H18F3N3O. The van der Waals surface area contributed by atoms with E-state index < -0.39 is 11.7 Å². The van der Waals surface area contributed by atoms with Crippen LogP contribution in [0.25, 0.3) is 0 Å². The number of amides is 1. The Balaban J connectivity index is 1.88. The van der Waals surface area contributed by atoms with Gasteiger partial charge in [-0.1, -0.05) is 19.1 Å². The van der Waals surface area contributed by atoms with Gasteiger partial charge in [-0.05, 0) is 24.1 Å². The molecule has 0 spiro atoms. The number of aryl methyl sites for hydroxylation is 1. The normalized spacial score (nSPS) is 12.9. The van der Waals surface area contributed by atoms with Crippen LogP contribution in [0, 0.1) is 5.92 Å². The van der Waals surface area contributed by atoms with Gasteiger partial charge in [0, 0.05) is 31.3 Å². The maximum absolute atomic E-state index is 12.5. The van der Waals surface area contributed by atoms with Crippen molar-refractivity contribution in [3.05, 3.63) is 53.3 Å². The van der Waals surface area contributed by atoms with Crippen molar-refractivity contribution in [1.29, 1.82) is 0 Å². The lowest BCUT2D eigenvalue weighted by Crippen LogP contribution is -2.29. The van der Waals surface area contributed by atoms with Gasteiger partial charge in [-0.25, -0.2) is 0 Å². The summed E-state index contributed by atoms with van der Waals surface area (Å²) in [5.41, 5.74) is 0.902. The number of halogens is 3. The number of nitrogens with one attached hydrogen (secondary N) is 1. The maximum Gasteiger partial charge on any atom is 0.416 e. The van der Waals surface area contributed by atoms with Gasteiger partial charge in [0.2, 0.25) is 5.91 Å². The van der Waals surface area contributed by atoms with Gasteiger partial charge in [0.1, 0.15) is 0 Å². The summed E-state index contributed by atoms with van der Waals surface area (Å²) < 4.78 is 39.2. The Hall–Kier alpha value is -2.31. The van der Waals surface area contributed by atoms with Gasteiger partial charge >= 0.3 is 6.18 Å². The molecule has 1 heterocycles. The van der Waals surface area contributed by atoms with Crippen LogP contribution in [-0.2, 0) is 31.0 Å². The van der Waals surface area contributed by atoms with E-state index in [2.05, 4.69) is 10.4 Å². The molecule has 1 atom stereocenters. The van der Waals surface area contributed by atoms with Crippen LogP contribution >= 0.6 is 0 Å². The fourth-order valence-electron chi connectivity index (χ4n) is 2.20. The quantitative estimate of drug-likeness (QED) is 0.919. The Morgan fingerprint density at radius 3 is 2.43 bits per heavy atom. The first kappa shape index (κ1) is 17.1. The number of aromatic nitrogens is 2. The average molecular weight is 325 g/mol. The largest absolute Gasteiger partial charge is 0.416 e. The van der Waals surface area contributed by atoms with Crippen LogP contribution in [0.3, 0.4) is 0 Å². The number of hydrogen-bond acceptors (Lipinski definition) is 2. The van der Waals surface area contributed by atoms with Gasteiger partial charge in [0.15, 0.2) is 0 Å². The molecule has 0 aliphatic heterocycles. The zero-order valence-corrected chi connectivity index (χ0v) is 12.9. The summed E-state index contributed by atoms with van der Waals surface area (Å²) in [7, 11) is 1.79. The molecule has 2 aromatic rings. The fraction of sp³-hybridized carbons (Fsp3) is 0.375. The molecule has 0 aliphatic carbocycles. The van der Waals surface area contributed by atoms with E-state index in [-0.39, 0.29) is 11.8 Å². The summed E-state index contributed by atoms with van der Waals surface area (Å²) in [6.07, 6.45) is -0.482. The van der Waals surface area contributed by atoms with Gasteiger partial charge < -0.3 is 5.32 Å². The lowest BCUT2D eigenvalue weighted by Gasteiger charge is -2.13. The smallest absolute Gasteiger partial charge is 0.352 e. The first-order valence-electron chi connectivity index (χ1n) is 7.17. The van der Waals surface area contributed by atoms with E-state index in [1.165, 1.54) is 12.1 Å². The molecule has 7 heteroatoms. The van der Waals surface area contributed by atoms with Gasteiger partial charge in [-0.3, -0.25) is 9.48 Å². The second kappa shape index (κ2) is 6.85. The van der Waals surface area contributed by atoms with Crippen molar-refractivity contribution in [3.8, 4) is 0 Å². The molecule has 0 saturated carbocycles. The van der Waals surface area contributed by atoms with Gasteiger partial charge in [-0.2, -0.15) is 18.3 Å². The standard InChI is InChI=1S/C16H18F3N3O/c1-11(15(23)20-8-13-9-21-22(2)10-13)7-12-3-5-14(6-4-12)16(17,18)19/h3-6,9-11H,7-8H2,1-2H3,(H,20,23). The summed E-state index contributed by atoms with van der Waals surface area (Å²) in [6.45, 7) is 2.13. The summed E-state index contributed by atoms with van der Waals surface area (Å²) in [4.78, 5) is 12.0. The zero-order valence-electron chi connectivity index (χ0n) is 12.9. The molecule has 0 aliphatic rings. The number of carbonyl (C=O) groups excluding carboxylic acids is 1. The zero-order chi connectivity index (χ0) is 17.0. The maximum atomic E-state index is 12.5. The van der Waals surface area contributed by atoms with Crippen molar-refractivity contribution >= 4 is 5.91 Å². The van der Waals surface area contributed by atoms with E-state index >= 15 is 0 Å². The molecule has 1 amide bonds. The van der Waals surface area contributed by atoms with Crippen molar-refractivity contribution in [2.24, 2.45) is 13.0 Å². The van der Waals surface area contributed by atoms with Crippen molar-refractivity contribution < 1.29 is 18.0 Å². The first-order valence-corrected chi connectivity index (χ1v) is 7.17. The Morgan fingerprint density at radius 1 is 1.26 bits per heavy atom. The lowest BCUT2D eigenvalue weighted by molar-refractivity contribution is -0.137. The number of nitrogens with zero attached hydrogens (tertiary/aromatic N) is 2. The highest BCUT2D eigenvalue weighted by atomic mass is 19.4. The van der Waals surface area contributed by atoms with E-state index in [1.807, 2.05) is 0 Å². The monoisotopic (exact) mass is 325 g/mol. The van der Waals surface area contributed by atoms with E-state index in [1.54, 1.807) is 31.0 Å². The third-order valence-corrected chi connectivity index (χ3v) is 3.50. The van der Waals surface area contributed by atoms with E-state index in [0.717, 1.165) is 17.7 Å². The molecular weight excluding hydrogens is 307 g/mol. The molecule has 1 N–H and O–H groups in total. The van der Waals surface area contributed by atoms with Gasteiger partial charge in [0.25, 0.3) is 0 Å². The molecule has 124 valence electrons. The Morgan fingerprint density at radius 2 is 1.91 bits per heavy atom. The topological polar surface area (TPSA) is 46.9 Å². The summed E-state index contributed by atoms with van der Waals surface area (Å²) in [5.74, 6) is -0.475. The molecule has 0 radical (unpaired) electrons. The second-order valence-electron chi connectivity index (χ2n) is 5.54. The fourth-order valence-corrected chi connectivity index (χ4v) is 2.20. The second-order valence-corrected chi connectivity index (χ2v) is 5.54. The Labute approximate surface area is 132 Å². The van der Waals surface area contributed by atoms with Gasteiger partial charge in [0.05, 0.1) is 11.8 Å². The molecule has 0 saturated heterocycles. The highest BCUT2D eigenvalue weighted by molar-refractivity contribution is 5.78. The minimum Gasteiger partial charge on any atom is -0.352 e. The Bertz CT molecular complexity index is 662. The SMILES string of the molecule is CC(Cc1ccc(C(F)(F)F)cc1)C(=O)NCc1cnn(C)c1. The van der Waals surface area contributed by atoms with Crippen molar-refractivity contribution in [3.63, 3.8) is 0 Å². The lowest BCUT2D eigenvalue weighted by atomic mass is 9.99. The van der Waals surface area contributed by atoms with Crippen molar-refractivity contribution in [2.45, 2.75) is 26.1 Å². The first-order chi connectivity index (χ1) is 10.8. The van der Waals surface area contributed by atoms with Gasteiger partial charge in [-0.15, -0.1) is 0 Å². The minimum absolute atomic E-state index is 0.145. The molecule has 23 heavy (non-hydrogen) atoms. The minimum atomic E-state index is -4.34. The van der Waals surface area contributed by atoms with Crippen LogP contribution in [0.15, 0.2) is 36.7 Å². The van der Waals surface area contributed by atoms with Crippen LogP contribution in [0.2, 0.25) is 0 Å². The summed E-state index contributed by atoms with van der Waals surface area (Å²) >= 11 is 0. The number of alkyl halides is 3. The molecule has 2 rings (SSSR count). The van der Waals surface area contributed by atoms with Crippen molar-refractivity contribution in [1.82, 2.24) is 15.1 Å². The molecule has 1 aromatic carbocycles. The van der Waals surface area contributed by atoms with Crippen LogP contribution in [-0.4, -0.2) is 15.7 Å². The highest BCUT2D eigenvalue weighted by Gasteiger charge is 2.30. The van der Waals surface area contributed by atoms with Crippen LogP contribution in [0.5, 0.6) is 0 Å². The number of rotatable bonds is 5. The molecule has 1 aromatic heterocycles. The summed E-state index contributed by atoms with van der Waals surface area (Å²) in [6, 6.07) is 4.90. The van der Waals surface area contributed by atoms with Crippen molar-refractivity contribution in [2.75, 3.05) is 0 Å². The third kappa shape index (κ3) is 4.84. The average Bonchev–Trinajstić information content (AvgIpc) is 2.90. The molecule has 0 bridgehead atoms. The number of hydrogen-bond donors (Lipinski definition) is 1. The highest BCUT2D eigenvalue weighted by Crippen LogP contribution is 2.29. The third-order valence-electron chi connectivity index (χ3n) is 3.50. The predicted molar refractivity (Wildman–Crippen MR) is 79.4 cm³/mol. The van der Waals surface area contributed by atoms with E-state index in [4.69, 9.17) is 0 Å². The predicted octanol–water partition coefficient (Wildman–Crippen LogP) is 2.93. The van der Waals surface area contributed by atoms with Crippen LogP contribution in [0.1, 0.15) is 23.6 Å². The van der Waals surface area contributed by atoms with E-state index in [9.17, 15) is 18.0 Å². The molecule has 4 nitrogen and oxygen atoms in total. The molecule has 0 fully saturated rings.